The maximum absolute atomic E-state index is 11.0. The molecule has 0 saturated carbocycles. The number of benzene rings is 2. The second kappa shape index (κ2) is 6.49. The van der Waals surface area contributed by atoms with E-state index in [1.165, 1.54) is 0 Å². The second-order valence-corrected chi connectivity index (χ2v) is 5.38. The standard InChI is InChI=1S/C10H6N2O8S.2H2O/c13-10-7-3-5(21(18,19)20)1-2-6(7)8(11(14)15)4-9(10)12(16)17;;/h1-4,13H,(H,18,19,20);2*1H2. The zero-order valence-corrected chi connectivity index (χ0v) is 11.8. The van der Waals surface area contributed by atoms with Crippen molar-refractivity contribution >= 4 is 32.3 Å². The summed E-state index contributed by atoms with van der Waals surface area (Å²) in [5.41, 5.74) is -1.61. The van der Waals surface area contributed by atoms with Gasteiger partial charge in [-0.1, -0.05) is 0 Å². The van der Waals surface area contributed by atoms with Gasteiger partial charge >= 0.3 is 5.69 Å². The van der Waals surface area contributed by atoms with E-state index in [2.05, 4.69) is 0 Å². The number of aromatic hydroxyl groups is 1. The van der Waals surface area contributed by atoms with Crippen molar-refractivity contribution in [3.8, 4) is 5.75 Å². The van der Waals surface area contributed by atoms with Gasteiger partial charge in [-0.05, 0) is 18.2 Å². The van der Waals surface area contributed by atoms with E-state index in [4.69, 9.17) is 4.55 Å². The first-order valence-corrected chi connectivity index (χ1v) is 6.63. The number of hydrogen-bond acceptors (Lipinski definition) is 7. The van der Waals surface area contributed by atoms with Gasteiger partial charge in [0.1, 0.15) is 0 Å². The third kappa shape index (κ3) is 3.49. The Balaban J connectivity index is 0.00000242. The molecular formula is C10H10N2O10S. The smallest absolute Gasteiger partial charge is 0.318 e. The number of nitro benzene ring substituents is 2. The van der Waals surface area contributed by atoms with Crippen LogP contribution in [0.3, 0.4) is 0 Å². The molecule has 126 valence electrons. The molecule has 0 aliphatic rings. The van der Waals surface area contributed by atoms with Crippen LogP contribution < -0.4 is 0 Å². The Morgan fingerprint density at radius 2 is 1.43 bits per heavy atom. The SMILES string of the molecule is O.O.O=[N+]([O-])c1cc([N+](=O)[O-])c2ccc(S(=O)(=O)O)cc2c1O. The maximum atomic E-state index is 11.0. The number of rotatable bonds is 3. The predicted molar refractivity (Wildman–Crippen MR) is 76.0 cm³/mol. The quantitative estimate of drug-likeness (QED) is 0.432. The second-order valence-electron chi connectivity index (χ2n) is 3.96. The first kappa shape index (κ1) is 20.1. The average Bonchev–Trinajstić information content (AvgIpc) is 2.36. The third-order valence-corrected chi connectivity index (χ3v) is 3.58. The monoisotopic (exact) mass is 350 g/mol. The number of phenols is 1. The normalized spacial score (nSPS) is 10.5. The molecule has 0 aromatic heterocycles. The number of nitrogens with zero attached hydrogens (tertiary/aromatic N) is 2. The van der Waals surface area contributed by atoms with Crippen LogP contribution >= 0.6 is 0 Å². The summed E-state index contributed by atoms with van der Waals surface area (Å²) >= 11 is 0. The van der Waals surface area contributed by atoms with E-state index in [-0.39, 0.29) is 16.3 Å². The van der Waals surface area contributed by atoms with Crippen LogP contribution in [0, 0.1) is 20.2 Å². The number of non-ortho nitro benzene ring substituents is 1. The van der Waals surface area contributed by atoms with Crippen LogP contribution in [0.4, 0.5) is 11.4 Å². The molecule has 0 unspecified atom stereocenters. The van der Waals surface area contributed by atoms with Crippen LogP contribution in [-0.2, 0) is 10.1 Å². The molecule has 0 saturated heterocycles. The van der Waals surface area contributed by atoms with Crippen LogP contribution in [0.1, 0.15) is 0 Å². The summed E-state index contributed by atoms with van der Waals surface area (Å²) in [6, 6.07) is 3.15. The minimum absolute atomic E-state index is 0. The first-order chi connectivity index (χ1) is 9.62. The lowest BCUT2D eigenvalue weighted by atomic mass is 10.1. The van der Waals surface area contributed by atoms with Crippen LogP contribution in [-0.4, -0.2) is 38.9 Å². The van der Waals surface area contributed by atoms with Crippen LogP contribution in [0.15, 0.2) is 29.2 Å². The van der Waals surface area contributed by atoms with Crippen molar-refractivity contribution < 1.29 is 38.9 Å². The Morgan fingerprint density at radius 3 is 1.87 bits per heavy atom. The first-order valence-electron chi connectivity index (χ1n) is 5.19. The predicted octanol–water partition coefficient (Wildman–Crippen LogP) is -0.0409. The van der Waals surface area contributed by atoms with E-state index in [0.29, 0.717) is 6.07 Å². The van der Waals surface area contributed by atoms with Crippen molar-refractivity contribution in [3.05, 3.63) is 44.5 Å². The van der Waals surface area contributed by atoms with E-state index < -0.39 is 47.4 Å². The molecule has 0 spiro atoms. The zero-order chi connectivity index (χ0) is 15.9. The molecule has 13 heteroatoms. The molecule has 0 heterocycles. The highest BCUT2D eigenvalue weighted by atomic mass is 32.2. The highest BCUT2D eigenvalue weighted by molar-refractivity contribution is 7.85. The molecule has 0 aliphatic heterocycles. The number of phenolic OH excluding ortho intramolecular Hbond substituents is 1. The Morgan fingerprint density at radius 1 is 0.913 bits per heavy atom. The van der Waals surface area contributed by atoms with Gasteiger partial charge in [0.2, 0.25) is 5.75 Å². The lowest BCUT2D eigenvalue weighted by molar-refractivity contribution is -0.393. The molecule has 0 radical (unpaired) electrons. The molecule has 6 N–H and O–H groups in total. The fourth-order valence-electron chi connectivity index (χ4n) is 1.81. The Bertz CT molecular complexity index is 892. The highest BCUT2D eigenvalue weighted by Crippen LogP contribution is 2.40. The van der Waals surface area contributed by atoms with Gasteiger partial charge in [-0.15, -0.1) is 0 Å². The lowest BCUT2D eigenvalue weighted by Gasteiger charge is -2.05. The summed E-state index contributed by atoms with van der Waals surface area (Å²) in [5, 5.41) is 30.8. The fourth-order valence-corrected chi connectivity index (χ4v) is 2.31. The summed E-state index contributed by atoms with van der Waals surface area (Å²) in [7, 11) is -4.63. The van der Waals surface area contributed by atoms with Crippen molar-refractivity contribution in [3.63, 3.8) is 0 Å². The summed E-state index contributed by atoms with van der Waals surface area (Å²) in [6.45, 7) is 0. The van der Waals surface area contributed by atoms with Gasteiger partial charge in [-0.3, -0.25) is 24.8 Å². The van der Waals surface area contributed by atoms with Gasteiger partial charge in [0.05, 0.1) is 26.2 Å². The Labute approximate surface area is 127 Å². The molecule has 2 rings (SSSR count). The molecule has 12 nitrogen and oxygen atoms in total. The number of fused-ring (bicyclic) bond motifs is 1. The van der Waals surface area contributed by atoms with Gasteiger partial charge in [0, 0.05) is 5.39 Å². The maximum Gasteiger partial charge on any atom is 0.318 e. The van der Waals surface area contributed by atoms with Crippen LogP contribution in [0.25, 0.3) is 10.8 Å². The van der Waals surface area contributed by atoms with E-state index in [1.807, 2.05) is 0 Å². The van der Waals surface area contributed by atoms with Gasteiger partial charge in [-0.2, -0.15) is 8.42 Å². The van der Waals surface area contributed by atoms with Crippen molar-refractivity contribution in [1.82, 2.24) is 0 Å². The molecule has 0 fully saturated rings. The summed E-state index contributed by atoms with van der Waals surface area (Å²) in [4.78, 5) is 19.1. The number of nitro groups is 2. The molecule has 0 atom stereocenters. The Kier molecular flexibility index (Phi) is 5.68. The van der Waals surface area contributed by atoms with Crippen molar-refractivity contribution in [1.29, 1.82) is 0 Å². The molecule has 0 aliphatic carbocycles. The van der Waals surface area contributed by atoms with E-state index in [9.17, 15) is 33.8 Å². The van der Waals surface area contributed by atoms with Crippen molar-refractivity contribution in [2.45, 2.75) is 4.90 Å². The van der Waals surface area contributed by atoms with Gasteiger partial charge < -0.3 is 16.1 Å². The summed E-state index contributed by atoms with van der Waals surface area (Å²) in [6.07, 6.45) is 0. The Hall–Kier alpha value is -2.87. The summed E-state index contributed by atoms with van der Waals surface area (Å²) in [5.74, 6) is -0.925. The van der Waals surface area contributed by atoms with Gasteiger partial charge in [0.15, 0.2) is 0 Å². The van der Waals surface area contributed by atoms with Crippen molar-refractivity contribution in [2.24, 2.45) is 0 Å². The molecule has 23 heavy (non-hydrogen) atoms. The van der Waals surface area contributed by atoms with E-state index >= 15 is 0 Å². The summed E-state index contributed by atoms with van der Waals surface area (Å²) < 4.78 is 31.0. The molecular weight excluding hydrogens is 340 g/mol. The largest absolute Gasteiger partial charge is 0.502 e. The molecule has 2 aromatic rings. The topological polar surface area (TPSA) is 224 Å². The van der Waals surface area contributed by atoms with Gasteiger partial charge in [-0.25, -0.2) is 0 Å². The van der Waals surface area contributed by atoms with Crippen LogP contribution in [0.2, 0.25) is 0 Å². The van der Waals surface area contributed by atoms with E-state index in [0.717, 1.165) is 18.2 Å². The molecule has 0 amide bonds. The van der Waals surface area contributed by atoms with Crippen molar-refractivity contribution in [2.75, 3.05) is 0 Å². The minimum atomic E-state index is -4.63. The highest BCUT2D eigenvalue weighted by Gasteiger charge is 2.26. The van der Waals surface area contributed by atoms with Crippen LogP contribution in [0.5, 0.6) is 5.75 Å². The molecule has 2 aromatic carbocycles. The third-order valence-electron chi connectivity index (χ3n) is 2.73. The lowest BCUT2D eigenvalue weighted by Crippen LogP contribution is -1.99. The van der Waals surface area contributed by atoms with Gasteiger partial charge in [0.25, 0.3) is 15.8 Å². The average molecular weight is 350 g/mol. The van der Waals surface area contributed by atoms with E-state index in [1.54, 1.807) is 0 Å². The molecule has 0 bridgehead atoms. The number of hydrogen-bond donors (Lipinski definition) is 2. The fraction of sp³-hybridized carbons (Fsp3) is 0. The zero-order valence-electron chi connectivity index (χ0n) is 11.0. The minimum Gasteiger partial charge on any atom is -0.502 e.